The molecule has 0 spiro atoms. The molecule has 0 atom stereocenters. The number of nitrogens with one attached hydrogen (secondary N) is 1. The molecule has 3 aromatic rings. The zero-order chi connectivity index (χ0) is 18.3. The molecule has 0 bridgehead atoms. The third-order valence-corrected chi connectivity index (χ3v) is 3.26. The smallest absolute Gasteiger partial charge is 0.352 e. The van der Waals surface area contributed by atoms with E-state index in [2.05, 4.69) is 15.1 Å². The van der Waals surface area contributed by atoms with Gasteiger partial charge in [-0.25, -0.2) is 26.7 Å². The van der Waals surface area contributed by atoms with Crippen molar-refractivity contribution in [3.05, 3.63) is 45.8 Å². The van der Waals surface area contributed by atoms with E-state index in [1.807, 2.05) is 0 Å². The van der Waals surface area contributed by atoms with Gasteiger partial charge in [-0.05, 0) is 24.6 Å². The van der Waals surface area contributed by atoms with Crippen LogP contribution in [0.2, 0.25) is 0 Å². The second kappa shape index (κ2) is 6.15. The average Bonchev–Trinajstić information content (AvgIpc) is 2.92. The van der Waals surface area contributed by atoms with E-state index in [1.165, 1.54) is 0 Å². The Morgan fingerprint density at radius 3 is 2.44 bits per heavy atom. The highest BCUT2D eigenvalue weighted by molar-refractivity contribution is 5.80. The third-order valence-electron chi connectivity index (χ3n) is 3.26. The SMILES string of the molecule is CCOc1nc2c(-c3cc(F)c(F)c(F)c3)c(C(F)F)nn2c(=O)[nH]1. The first-order valence-corrected chi connectivity index (χ1v) is 6.92. The van der Waals surface area contributed by atoms with Crippen molar-refractivity contribution in [3.63, 3.8) is 0 Å². The first kappa shape index (κ1) is 16.9. The maximum atomic E-state index is 13.5. The maximum Gasteiger partial charge on any atom is 0.352 e. The number of nitrogens with zero attached hydrogens (tertiary/aromatic N) is 3. The van der Waals surface area contributed by atoms with Crippen LogP contribution < -0.4 is 10.4 Å². The summed E-state index contributed by atoms with van der Waals surface area (Å²) in [7, 11) is 0. The maximum absolute atomic E-state index is 13.5. The zero-order valence-corrected chi connectivity index (χ0v) is 12.5. The molecule has 6 nitrogen and oxygen atoms in total. The molecular weight excluding hydrogens is 351 g/mol. The summed E-state index contributed by atoms with van der Waals surface area (Å²) in [4.78, 5) is 18.0. The number of aromatic nitrogens is 4. The lowest BCUT2D eigenvalue weighted by atomic mass is 10.1. The monoisotopic (exact) mass is 360 g/mol. The number of halogens is 5. The molecule has 0 radical (unpaired) electrons. The topological polar surface area (TPSA) is 72.3 Å². The number of H-pyrrole nitrogens is 1. The fraction of sp³-hybridized carbons (Fsp3) is 0.214. The summed E-state index contributed by atoms with van der Waals surface area (Å²) < 4.78 is 72.3. The number of hydrogen-bond acceptors (Lipinski definition) is 4. The summed E-state index contributed by atoms with van der Waals surface area (Å²) in [5, 5.41) is 3.44. The van der Waals surface area contributed by atoms with Gasteiger partial charge in [0, 0.05) is 0 Å². The molecule has 0 saturated carbocycles. The van der Waals surface area contributed by atoms with Gasteiger partial charge in [-0.15, -0.1) is 0 Å². The van der Waals surface area contributed by atoms with Crippen LogP contribution in [0.4, 0.5) is 22.0 Å². The molecule has 0 fully saturated rings. The number of alkyl halides is 2. The number of rotatable bonds is 4. The molecule has 0 aliphatic heterocycles. The third kappa shape index (κ3) is 2.81. The molecule has 2 aromatic heterocycles. The summed E-state index contributed by atoms with van der Waals surface area (Å²) in [6.07, 6.45) is -3.18. The van der Waals surface area contributed by atoms with Crippen LogP contribution in [0.5, 0.6) is 6.01 Å². The first-order chi connectivity index (χ1) is 11.8. The molecule has 0 unspecified atom stereocenters. The van der Waals surface area contributed by atoms with Gasteiger partial charge in [0.1, 0.15) is 5.69 Å². The average molecular weight is 360 g/mol. The molecule has 25 heavy (non-hydrogen) atoms. The van der Waals surface area contributed by atoms with Crippen LogP contribution in [-0.4, -0.2) is 26.2 Å². The van der Waals surface area contributed by atoms with Gasteiger partial charge in [0.15, 0.2) is 23.1 Å². The van der Waals surface area contributed by atoms with Crippen molar-refractivity contribution in [1.29, 1.82) is 0 Å². The van der Waals surface area contributed by atoms with Gasteiger partial charge in [0.2, 0.25) is 0 Å². The quantitative estimate of drug-likeness (QED) is 0.574. The van der Waals surface area contributed by atoms with Crippen LogP contribution in [0.25, 0.3) is 16.8 Å². The van der Waals surface area contributed by atoms with Crippen molar-refractivity contribution >= 4 is 5.65 Å². The number of ether oxygens (including phenoxy) is 1. The number of aromatic amines is 1. The Morgan fingerprint density at radius 2 is 1.88 bits per heavy atom. The highest BCUT2D eigenvalue weighted by atomic mass is 19.3. The Balaban J connectivity index is 2.39. The van der Waals surface area contributed by atoms with E-state index in [1.54, 1.807) is 6.92 Å². The van der Waals surface area contributed by atoms with Crippen molar-refractivity contribution in [2.75, 3.05) is 6.61 Å². The van der Waals surface area contributed by atoms with Crippen molar-refractivity contribution in [1.82, 2.24) is 19.6 Å². The Kier molecular flexibility index (Phi) is 4.15. The van der Waals surface area contributed by atoms with Crippen LogP contribution in [0.15, 0.2) is 16.9 Å². The molecule has 2 heterocycles. The standard InChI is InChI=1S/C14H9F5N4O2/c1-2-25-13-20-12-8(5-3-6(15)9(17)7(16)4-5)10(11(18)19)22-23(12)14(24)21-13/h3-4,11H,2H2,1H3,(H,20,21,24). The summed E-state index contributed by atoms with van der Waals surface area (Å²) in [5.41, 5.74) is -3.23. The van der Waals surface area contributed by atoms with Crippen LogP contribution >= 0.6 is 0 Å². The van der Waals surface area contributed by atoms with E-state index in [0.29, 0.717) is 16.6 Å². The van der Waals surface area contributed by atoms with Crippen LogP contribution in [0.1, 0.15) is 19.0 Å². The predicted molar refractivity (Wildman–Crippen MR) is 75.0 cm³/mol. The highest BCUT2D eigenvalue weighted by Gasteiger charge is 2.26. The van der Waals surface area contributed by atoms with Crippen molar-refractivity contribution in [2.24, 2.45) is 0 Å². The van der Waals surface area contributed by atoms with Crippen molar-refractivity contribution in [3.8, 4) is 17.1 Å². The molecular formula is C14H9F5N4O2. The van der Waals surface area contributed by atoms with Gasteiger partial charge in [-0.1, -0.05) is 0 Å². The summed E-state index contributed by atoms with van der Waals surface area (Å²) in [6.45, 7) is 1.71. The molecule has 1 N–H and O–H groups in total. The number of fused-ring (bicyclic) bond motifs is 1. The molecule has 0 amide bonds. The summed E-state index contributed by atoms with van der Waals surface area (Å²) in [5.74, 6) is -4.91. The molecule has 0 aliphatic rings. The molecule has 132 valence electrons. The lowest BCUT2D eigenvalue weighted by molar-refractivity contribution is 0.146. The van der Waals surface area contributed by atoms with E-state index in [-0.39, 0.29) is 12.6 Å². The Labute approximate surface area is 135 Å². The normalized spacial score (nSPS) is 11.5. The Hall–Kier alpha value is -2.98. The first-order valence-electron chi connectivity index (χ1n) is 6.92. The molecule has 3 rings (SSSR count). The zero-order valence-electron chi connectivity index (χ0n) is 12.5. The van der Waals surface area contributed by atoms with Gasteiger partial charge in [0.05, 0.1) is 12.2 Å². The van der Waals surface area contributed by atoms with E-state index in [0.717, 1.165) is 0 Å². The van der Waals surface area contributed by atoms with Gasteiger partial charge in [0.25, 0.3) is 12.4 Å². The van der Waals surface area contributed by atoms with Gasteiger partial charge in [-0.3, -0.25) is 4.98 Å². The minimum atomic E-state index is -3.18. The lowest BCUT2D eigenvalue weighted by Gasteiger charge is -2.05. The lowest BCUT2D eigenvalue weighted by Crippen LogP contribution is -2.20. The molecule has 0 saturated heterocycles. The van der Waals surface area contributed by atoms with E-state index in [4.69, 9.17) is 4.74 Å². The summed E-state index contributed by atoms with van der Waals surface area (Å²) >= 11 is 0. The largest absolute Gasteiger partial charge is 0.465 e. The van der Waals surface area contributed by atoms with Crippen molar-refractivity contribution < 1.29 is 26.7 Å². The van der Waals surface area contributed by atoms with Crippen LogP contribution in [0, 0.1) is 17.5 Å². The van der Waals surface area contributed by atoms with Gasteiger partial charge < -0.3 is 4.74 Å². The molecule has 0 aliphatic carbocycles. The van der Waals surface area contributed by atoms with E-state index >= 15 is 0 Å². The second-order valence-electron chi connectivity index (χ2n) is 4.83. The Morgan fingerprint density at radius 1 is 1.24 bits per heavy atom. The fourth-order valence-corrected chi connectivity index (χ4v) is 2.27. The minimum absolute atomic E-state index is 0.115. The molecule has 1 aromatic carbocycles. The predicted octanol–water partition coefficient (Wildman–Crippen LogP) is 2.84. The highest BCUT2D eigenvalue weighted by Crippen LogP contribution is 2.34. The van der Waals surface area contributed by atoms with Gasteiger partial charge >= 0.3 is 5.69 Å². The van der Waals surface area contributed by atoms with E-state index in [9.17, 15) is 26.7 Å². The Bertz CT molecular complexity index is 991. The van der Waals surface area contributed by atoms with Crippen LogP contribution in [0.3, 0.4) is 0 Å². The van der Waals surface area contributed by atoms with Crippen LogP contribution in [-0.2, 0) is 0 Å². The fourth-order valence-electron chi connectivity index (χ4n) is 2.27. The summed E-state index contributed by atoms with van der Waals surface area (Å²) in [6, 6.07) is 0.750. The minimum Gasteiger partial charge on any atom is -0.465 e. The number of hydrogen-bond donors (Lipinski definition) is 1. The number of benzene rings is 1. The van der Waals surface area contributed by atoms with Crippen molar-refractivity contribution in [2.45, 2.75) is 13.3 Å². The van der Waals surface area contributed by atoms with Gasteiger partial charge in [-0.2, -0.15) is 14.6 Å². The molecule has 11 heteroatoms. The second-order valence-corrected chi connectivity index (χ2v) is 4.83. The van der Waals surface area contributed by atoms with E-state index < -0.39 is 52.0 Å².